The number of benzene rings is 1. The monoisotopic (exact) mass is 581 g/mol. The number of rotatable bonds is 0. The SMILES string of the molecule is [Cu+2].c1ccc2c(c1)-c1nc-2nc2[n-]c(nc3nc(nc4[n-]c(n1)c1cnncc41)-c1cnncc1-3)c1cnncc21. The van der Waals surface area contributed by atoms with Gasteiger partial charge in [0.05, 0.1) is 60.5 Å². The average molecular weight is 582 g/mol. The molecule has 7 aromatic rings. The largest absolute Gasteiger partial charge is 2.00 e. The van der Waals surface area contributed by atoms with Crippen LogP contribution in [0.25, 0.3) is 89.7 Å². The van der Waals surface area contributed by atoms with Gasteiger partial charge in [0.2, 0.25) is 0 Å². The summed E-state index contributed by atoms with van der Waals surface area (Å²) in [6, 6.07) is 7.73. The van der Waals surface area contributed by atoms with Crippen LogP contribution >= 0.6 is 0 Å². The Hall–Kier alpha value is -5.66. The summed E-state index contributed by atoms with van der Waals surface area (Å²) < 4.78 is 0. The van der Waals surface area contributed by atoms with Gasteiger partial charge in [0.25, 0.3) is 0 Å². The molecule has 8 heterocycles. The summed E-state index contributed by atoms with van der Waals surface area (Å²) >= 11 is 0. The van der Waals surface area contributed by atoms with E-state index in [2.05, 4.69) is 30.6 Å². The average Bonchev–Trinajstić information content (AvgIpc) is 3.73. The van der Waals surface area contributed by atoms with Crippen LogP contribution in [0, 0.1) is 0 Å². The molecule has 2 aliphatic heterocycles. The molecule has 8 bridgehead atoms. The Morgan fingerprint density at radius 1 is 0.366 bits per heavy atom. The zero-order valence-corrected chi connectivity index (χ0v) is 21.3. The van der Waals surface area contributed by atoms with Crippen molar-refractivity contribution < 1.29 is 17.1 Å². The minimum Gasteiger partial charge on any atom is -0.357 e. The van der Waals surface area contributed by atoms with E-state index >= 15 is 0 Å². The van der Waals surface area contributed by atoms with Gasteiger partial charge in [-0.15, -0.1) is 0 Å². The van der Waals surface area contributed by atoms with Gasteiger partial charge in [0, 0.05) is 66.4 Å². The van der Waals surface area contributed by atoms with E-state index < -0.39 is 0 Å². The third-order valence-corrected chi connectivity index (χ3v) is 6.74. The zero-order chi connectivity index (χ0) is 26.2. The van der Waals surface area contributed by atoms with Gasteiger partial charge in [0.1, 0.15) is 0 Å². The minimum absolute atomic E-state index is 0. The summed E-state index contributed by atoms with van der Waals surface area (Å²) in [4.78, 5) is 38.2. The molecule has 15 heteroatoms. The molecule has 0 fully saturated rings. The van der Waals surface area contributed by atoms with Gasteiger partial charge in [-0.1, -0.05) is 24.3 Å². The van der Waals surface area contributed by atoms with E-state index in [9.17, 15) is 0 Å². The van der Waals surface area contributed by atoms with E-state index in [4.69, 9.17) is 39.9 Å². The maximum Gasteiger partial charge on any atom is 2.00 e. The standard InChI is InChI=1S/C26H10N14.Cu/c1-2-4-12-11(3-1)19-33-20(12)35-22-14-6-28-30-8-16(14)24(37-22)39-26-18-10-32-31-9-17(18)25(40-26)38-23-15-7-29-27-5-13(15)21(34-19)36-23;/h1-10H;/q-2;+2. The molecule has 0 unspecified atom stereocenters. The summed E-state index contributed by atoms with van der Waals surface area (Å²) in [7, 11) is 0. The molecule has 0 amide bonds. The first-order valence-corrected chi connectivity index (χ1v) is 12.0. The van der Waals surface area contributed by atoms with Crippen LogP contribution in [-0.4, -0.2) is 60.5 Å². The van der Waals surface area contributed by atoms with E-state index in [-0.39, 0.29) is 17.1 Å². The van der Waals surface area contributed by atoms with E-state index in [0.717, 1.165) is 11.1 Å². The second-order valence-electron chi connectivity index (χ2n) is 8.98. The summed E-state index contributed by atoms with van der Waals surface area (Å²) in [5, 5.41) is 26.9. The van der Waals surface area contributed by atoms with E-state index in [1.54, 1.807) is 37.2 Å². The van der Waals surface area contributed by atoms with E-state index in [1.165, 1.54) is 0 Å². The molecule has 9 rings (SSSR count). The molecule has 0 atom stereocenters. The first-order chi connectivity index (χ1) is 19.8. The predicted molar refractivity (Wildman–Crippen MR) is 141 cm³/mol. The van der Waals surface area contributed by atoms with Gasteiger partial charge in [0.15, 0.2) is 0 Å². The molecular weight excluding hydrogens is 572 g/mol. The Morgan fingerprint density at radius 3 is 1.05 bits per heavy atom. The van der Waals surface area contributed by atoms with Crippen molar-refractivity contribution in [3.63, 3.8) is 0 Å². The topological polar surface area (TPSA) is 183 Å². The number of aromatic nitrogens is 14. The number of fused-ring (bicyclic) bond motifs is 20. The Morgan fingerprint density at radius 2 is 0.683 bits per heavy atom. The van der Waals surface area contributed by atoms with Crippen LogP contribution in [0.1, 0.15) is 0 Å². The van der Waals surface area contributed by atoms with Gasteiger partial charge >= 0.3 is 17.1 Å². The van der Waals surface area contributed by atoms with Gasteiger partial charge in [-0.2, -0.15) is 30.6 Å². The van der Waals surface area contributed by atoms with Crippen LogP contribution in [0.2, 0.25) is 0 Å². The van der Waals surface area contributed by atoms with Crippen LogP contribution in [0.15, 0.2) is 61.4 Å². The Labute approximate surface area is 238 Å². The van der Waals surface area contributed by atoms with Crippen LogP contribution < -0.4 is 9.97 Å². The fourth-order valence-corrected chi connectivity index (χ4v) is 4.87. The summed E-state index contributed by atoms with van der Waals surface area (Å²) in [5.41, 5.74) is 4.51. The summed E-state index contributed by atoms with van der Waals surface area (Å²) in [6.07, 6.45) is 9.60. The maximum absolute atomic E-state index is 4.84. The first-order valence-electron chi connectivity index (χ1n) is 12.0. The quantitative estimate of drug-likeness (QED) is 0.238. The van der Waals surface area contributed by atoms with Crippen molar-refractivity contribution in [2.24, 2.45) is 0 Å². The zero-order valence-electron chi connectivity index (χ0n) is 20.3. The maximum atomic E-state index is 4.84. The molecule has 6 aromatic heterocycles. The number of hydrogen-bond donors (Lipinski definition) is 0. The molecule has 0 aliphatic carbocycles. The van der Waals surface area contributed by atoms with Crippen molar-refractivity contribution >= 4 is 44.1 Å². The normalized spacial score (nSPS) is 11.7. The molecule has 1 radical (unpaired) electrons. The van der Waals surface area contributed by atoms with Crippen LogP contribution in [0.4, 0.5) is 0 Å². The molecule has 41 heavy (non-hydrogen) atoms. The van der Waals surface area contributed by atoms with Crippen LogP contribution in [0.5, 0.6) is 0 Å². The third kappa shape index (κ3) is 3.43. The number of nitrogens with zero attached hydrogens (tertiary/aromatic N) is 14. The second kappa shape index (κ2) is 8.67. The molecule has 2 aliphatic rings. The molecule has 14 nitrogen and oxygen atoms in total. The Kier molecular flexibility index (Phi) is 4.92. The second-order valence-corrected chi connectivity index (χ2v) is 8.98. The molecule has 0 N–H and O–H groups in total. The minimum atomic E-state index is 0. The first kappa shape index (κ1) is 23.2. The summed E-state index contributed by atoms with van der Waals surface area (Å²) in [5.74, 6) is 1.66. The Bertz CT molecular complexity index is 2040. The fourth-order valence-electron chi connectivity index (χ4n) is 4.87. The third-order valence-electron chi connectivity index (χ3n) is 6.74. The van der Waals surface area contributed by atoms with Crippen molar-refractivity contribution in [2.45, 2.75) is 0 Å². The van der Waals surface area contributed by atoms with Gasteiger partial charge in [-0.25, -0.2) is 9.97 Å². The molecule has 1 aromatic carbocycles. The van der Waals surface area contributed by atoms with Crippen molar-refractivity contribution in [1.29, 1.82) is 0 Å². The molecule has 195 valence electrons. The van der Waals surface area contributed by atoms with Crippen molar-refractivity contribution in [1.82, 2.24) is 70.5 Å². The van der Waals surface area contributed by atoms with Crippen molar-refractivity contribution in [3.05, 3.63) is 61.4 Å². The van der Waals surface area contributed by atoms with E-state index in [1.807, 2.05) is 24.3 Å². The smallest absolute Gasteiger partial charge is 0.357 e. The van der Waals surface area contributed by atoms with E-state index in [0.29, 0.717) is 78.6 Å². The fraction of sp³-hybridized carbons (Fsp3) is 0. The van der Waals surface area contributed by atoms with Crippen molar-refractivity contribution in [2.75, 3.05) is 0 Å². The molecule has 0 saturated heterocycles. The summed E-state index contributed by atoms with van der Waals surface area (Å²) in [6.45, 7) is 0. The van der Waals surface area contributed by atoms with Gasteiger partial charge in [-0.05, 0) is 0 Å². The van der Waals surface area contributed by atoms with Crippen molar-refractivity contribution in [3.8, 4) is 45.6 Å². The van der Waals surface area contributed by atoms with Crippen LogP contribution in [0.3, 0.4) is 0 Å². The van der Waals surface area contributed by atoms with Gasteiger partial charge < -0.3 is 29.9 Å². The molecular formula is C26H10CuN14. The number of hydrogen-bond acceptors (Lipinski definition) is 12. The predicted octanol–water partition coefficient (Wildman–Crippen LogP) is 2.49. The van der Waals surface area contributed by atoms with Crippen LogP contribution in [-0.2, 0) is 17.1 Å². The molecule has 0 spiro atoms. The molecule has 0 saturated carbocycles. The van der Waals surface area contributed by atoms with Gasteiger partial charge in [-0.3, -0.25) is 0 Å². The Balaban J connectivity index is 0.00000256.